The number of hydrogen-bond acceptors (Lipinski definition) is 3. The quantitative estimate of drug-likeness (QED) is 0.346. The van der Waals surface area contributed by atoms with Gasteiger partial charge in [0.15, 0.2) is 0 Å². The largest absolute Gasteiger partial charge is 0.468 e. The number of carbonyl (C=O) groups is 2. The van der Waals surface area contributed by atoms with E-state index in [9.17, 15) is 9.59 Å². The number of hydrogen-bond donors (Lipinski definition) is 0. The van der Waals surface area contributed by atoms with Crippen molar-refractivity contribution in [3.05, 3.63) is 0 Å². The van der Waals surface area contributed by atoms with Crippen molar-refractivity contribution >= 4 is 34.3 Å². The van der Waals surface area contributed by atoms with Gasteiger partial charge in [0, 0.05) is 6.42 Å². The lowest BCUT2D eigenvalue weighted by atomic mass is 9.81. The summed E-state index contributed by atoms with van der Waals surface area (Å²) in [6.07, 6.45) is 3.60. The van der Waals surface area contributed by atoms with Gasteiger partial charge >= 0.3 is 5.97 Å². The summed E-state index contributed by atoms with van der Waals surface area (Å²) >= 11 is 2.26. The van der Waals surface area contributed by atoms with Crippen LogP contribution < -0.4 is 0 Å². The third-order valence-electron chi connectivity index (χ3n) is 2.85. The van der Waals surface area contributed by atoms with E-state index in [0.717, 1.165) is 17.3 Å². The first-order valence-electron chi connectivity index (χ1n) is 4.85. The summed E-state index contributed by atoms with van der Waals surface area (Å²) in [5.74, 6) is -0.251. The molecule has 0 N–H and O–H groups in total. The Morgan fingerprint density at radius 3 is 2.79 bits per heavy atom. The van der Waals surface area contributed by atoms with Crippen LogP contribution in [-0.4, -0.2) is 23.3 Å². The van der Waals surface area contributed by atoms with Crippen LogP contribution in [0.2, 0.25) is 0 Å². The van der Waals surface area contributed by atoms with Crippen molar-refractivity contribution in [1.82, 2.24) is 0 Å². The van der Waals surface area contributed by atoms with E-state index in [-0.39, 0.29) is 11.8 Å². The van der Waals surface area contributed by atoms with Crippen molar-refractivity contribution in [1.29, 1.82) is 0 Å². The van der Waals surface area contributed by atoms with Crippen LogP contribution in [0, 0.1) is 5.41 Å². The summed E-state index contributed by atoms with van der Waals surface area (Å²) in [4.78, 5) is 23.3. The van der Waals surface area contributed by atoms with Gasteiger partial charge in [-0.1, -0.05) is 22.6 Å². The fourth-order valence-electron chi connectivity index (χ4n) is 2.08. The molecule has 0 aromatic carbocycles. The van der Waals surface area contributed by atoms with Crippen LogP contribution in [0.15, 0.2) is 0 Å². The molecule has 0 aromatic rings. The fourth-order valence-corrected chi connectivity index (χ4v) is 2.46. The maximum atomic E-state index is 11.7. The van der Waals surface area contributed by atoms with Crippen molar-refractivity contribution in [3.8, 4) is 0 Å². The third-order valence-corrected chi connectivity index (χ3v) is 3.62. The van der Waals surface area contributed by atoms with Gasteiger partial charge in [0.05, 0.1) is 7.11 Å². The van der Waals surface area contributed by atoms with Gasteiger partial charge < -0.3 is 4.74 Å². The molecule has 1 aliphatic rings. The molecule has 0 amide bonds. The maximum absolute atomic E-state index is 11.7. The van der Waals surface area contributed by atoms with Gasteiger partial charge in [0.25, 0.3) is 0 Å². The van der Waals surface area contributed by atoms with E-state index in [0.29, 0.717) is 19.3 Å². The minimum atomic E-state index is -0.792. The van der Waals surface area contributed by atoms with Crippen molar-refractivity contribution < 1.29 is 14.3 Å². The van der Waals surface area contributed by atoms with Gasteiger partial charge in [0.2, 0.25) is 0 Å². The van der Waals surface area contributed by atoms with Gasteiger partial charge in [0.1, 0.15) is 11.2 Å². The Morgan fingerprint density at radius 2 is 2.36 bits per heavy atom. The minimum Gasteiger partial charge on any atom is -0.468 e. The topological polar surface area (TPSA) is 43.4 Å². The zero-order valence-electron chi connectivity index (χ0n) is 8.35. The van der Waals surface area contributed by atoms with E-state index in [4.69, 9.17) is 4.74 Å². The molecule has 1 aliphatic carbocycles. The zero-order chi connectivity index (χ0) is 10.6. The number of methoxy groups -OCH3 is 1. The molecule has 4 heteroatoms. The Balaban J connectivity index is 2.78. The third kappa shape index (κ3) is 2.10. The molecule has 0 spiro atoms. The van der Waals surface area contributed by atoms with Crippen LogP contribution in [0.1, 0.15) is 32.1 Å². The molecule has 0 aliphatic heterocycles. The van der Waals surface area contributed by atoms with Gasteiger partial charge in [-0.25, -0.2) is 0 Å². The number of ketones is 1. The second-order valence-electron chi connectivity index (χ2n) is 3.64. The molecular formula is C10H15IO3. The van der Waals surface area contributed by atoms with Gasteiger partial charge in [-0.2, -0.15) is 0 Å². The Bertz CT molecular complexity index is 240. The lowest BCUT2D eigenvalue weighted by Gasteiger charge is -2.23. The molecule has 1 rings (SSSR count). The lowest BCUT2D eigenvalue weighted by molar-refractivity contribution is -0.157. The average molecular weight is 310 g/mol. The highest BCUT2D eigenvalue weighted by Gasteiger charge is 2.48. The van der Waals surface area contributed by atoms with Gasteiger partial charge in [-0.3, -0.25) is 9.59 Å². The predicted octanol–water partition coefficient (Wildman–Crippen LogP) is 2.11. The summed E-state index contributed by atoms with van der Waals surface area (Å²) in [7, 11) is 1.36. The minimum absolute atomic E-state index is 0.0780. The molecular weight excluding hydrogens is 295 g/mol. The van der Waals surface area contributed by atoms with Crippen molar-refractivity contribution in [2.75, 3.05) is 11.5 Å². The first-order valence-corrected chi connectivity index (χ1v) is 6.37. The van der Waals surface area contributed by atoms with E-state index in [2.05, 4.69) is 22.6 Å². The van der Waals surface area contributed by atoms with Crippen LogP contribution in [0.3, 0.4) is 0 Å². The summed E-state index contributed by atoms with van der Waals surface area (Å²) in [5, 5.41) is 0. The van der Waals surface area contributed by atoms with Crippen molar-refractivity contribution in [2.45, 2.75) is 32.1 Å². The van der Waals surface area contributed by atoms with Crippen LogP contribution in [0.4, 0.5) is 0 Å². The molecule has 14 heavy (non-hydrogen) atoms. The highest BCUT2D eigenvalue weighted by atomic mass is 127. The molecule has 0 bridgehead atoms. The number of Topliss-reactive ketones (excluding diaryl/α,β-unsaturated/α-hetero) is 1. The number of esters is 1. The second kappa shape index (κ2) is 5.09. The molecule has 80 valence electrons. The molecule has 0 aromatic heterocycles. The van der Waals surface area contributed by atoms with Crippen LogP contribution >= 0.6 is 22.6 Å². The molecule has 3 nitrogen and oxygen atoms in total. The van der Waals surface area contributed by atoms with Crippen LogP contribution in [0.5, 0.6) is 0 Å². The van der Waals surface area contributed by atoms with E-state index in [1.54, 1.807) is 0 Å². The summed E-state index contributed by atoms with van der Waals surface area (Å²) in [6, 6.07) is 0. The molecule has 1 saturated carbocycles. The first-order chi connectivity index (χ1) is 6.67. The normalized spacial score (nSPS) is 26.6. The van der Waals surface area contributed by atoms with Crippen LogP contribution in [-0.2, 0) is 14.3 Å². The van der Waals surface area contributed by atoms with E-state index in [1.165, 1.54) is 7.11 Å². The summed E-state index contributed by atoms with van der Waals surface area (Å²) < 4.78 is 5.72. The standard InChI is InChI=1S/C10H15IO3/c1-14-9(13)10(6-3-7-11)5-2-4-8(10)12/h2-7H2,1H3. The first kappa shape index (κ1) is 11.9. The van der Waals surface area contributed by atoms with Crippen molar-refractivity contribution in [3.63, 3.8) is 0 Å². The highest BCUT2D eigenvalue weighted by molar-refractivity contribution is 14.1. The van der Waals surface area contributed by atoms with E-state index < -0.39 is 5.41 Å². The molecule has 1 unspecified atom stereocenters. The Kier molecular flexibility index (Phi) is 4.34. The van der Waals surface area contributed by atoms with Crippen molar-refractivity contribution in [2.24, 2.45) is 5.41 Å². The number of ether oxygens (including phenoxy) is 1. The molecule has 0 radical (unpaired) electrons. The fraction of sp³-hybridized carbons (Fsp3) is 0.800. The van der Waals surface area contributed by atoms with E-state index >= 15 is 0 Å². The number of rotatable bonds is 4. The van der Waals surface area contributed by atoms with E-state index in [1.807, 2.05) is 0 Å². The highest BCUT2D eigenvalue weighted by Crippen LogP contribution is 2.40. The van der Waals surface area contributed by atoms with Crippen LogP contribution in [0.25, 0.3) is 0 Å². The maximum Gasteiger partial charge on any atom is 0.319 e. The summed E-state index contributed by atoms with van der Waals surface area (Å²) in [5.41, 5.74) is -0.792. The Morgan fingerprint density at radius 1 is 1.64 bits per heavy atom. The summed E-state index contributed by atoms with van der Waals surface area (Å²) in [6.45, 7) is 0. The molecule has 1 fully saturated rings. The number of alkyl halides is 1. The molecule has 1 atom stereocenters. The average Bonchev–Trinajstić information content (AvgIpc) is 2.57. The molecule has 0 saturated heterocycles. The smallest absolute Gasteiger partial charge is 0.319 e. The number of halogens is 1. The lowest BCUT2D eigenvalue weighted by Crippen LogP contribution is -2.36. The Labute approximate surface area is 97.7 Å². The zero-order valence-corrected chi connectivity index (χ0v) is 10.5. The van der Waals surface area contributed by atoms with Gasteiger partial charge in [-0.15, -0.1) is 0 Å². The second-order valence-corrected chi connectivity index (χ2v) is 4.72. The predicted molar refractivity (Wildman–Crippen MR) is 61.4 cm³/mol. The Hall–Kier alpha value is -0.130. The van der Waals surface area contributed by atoms with Gasteiger partial charge in [-0.05, 0) is 30.1 Å². The molecule has 0 heterocycles. The number of carbonyl (C=O) groups excluding carboxylic acids is 2. The monoisotopic (exact) mass is 310 g/mol. The SMILES string of the molecule is COC(=O)C1(CCCI)CCCC1=O.